The second kappa shape index (κ2) is 6.62. The standard InChI is InChI=1S/C18H12BrFN4OS/c1-10-16(24-8-12(19)4-7-15(24)21-10)17(25)23-18-22-14(9-26-18)11-2-5-13(20)6-3-11/h2-9H,1H3,(H,22,23,25). The van der Waals surface area contributed by atoms with Crippen LogP contribution in [0, 0.1) is 12.7 Å². The third kappa shape index (κ3) is 3.13. The predicted molar refractivity (Wildman–Crippen MR) is 103 cm³/mol. The molecule has 0 aliphatic carbocycles. The van der Waals surface area contributed by atoms with Gasteiger partial charge in [-0.15, -0.1) is 11.3 Å². The number of pyridine rings is 1. The smallest absolute Gasteiger partial charge is 0.276 e. The molecule has 0 aliphatic rings. The number of benzene rings is 1. The normalized spacial score (nSPS) is 11.0. The topological polar surface area (TPSA) is 59.3 Å². The summed E-state index contributed by atoms with van der Waals surface area (Å²) in [5, 5.41) is 5.11. The van der Waals surface area contributed by atoms with E-state index in [1.165, 1.54) is 23.5 Å². The van der Waals surface area contributed by atoms with Gasteiger partial charge >= 0.3 is 0 Å². The number of carbonyl (C=O) groups excluding carboxylic acids is 1. The summed E-state index contributed by atoms with van der Waals surface area (Å²) < 4.78 is 15.6. The number of nitrogens with one attached hydrogen (secondary N) is 1. The number of carbonyl (C=O) groups is 1. The maximum atomic E-state index is 13.0. The summed E-state index contributed by atoms with van der Waals surface area (Å²) in [5.74, 6) is -0.583. The van der Waals surface area contributed by atoms with Gasteiger partial charge in [0.2, 0.25) is 0 Å². The monoisotopic (exact) mass is 430 g/mol. The summed E-state index contributed by atoms with van der Waals surface area (Å²) in [5.41, 5.74) is 3.26. The van der Waals surface area contributed by atoms with E-state index < -0.39 is 0 Å². The van der Waals surface area contributed by atoms with Crippen molar-refractivity contribution in [2.24, 2.45) is 0 Å². The Morgan fingerprint density at radius 1 is 1.19 bits per heavy atom. The number of amides is 1. The summed E-state index contributed by atoms with van der Waals surface area (Å²) >= 11 is 4.72. The number of halogens is 2. The molecule has 0 spiro atoms. The van der Waals surface area contributed by atoms with Crippen LogP contribution in [0.4, 0.5) is 9.52 Å². The van der Waals surface area contributed by atoms with E-state index in [2.05, 4.69) is 31.2 Å². The van der Waals surface area contributed by atoms with Gasteiger partial charge in [0.15, 0.2) is 5.13 Å². The molecule has 0 bridgehead atoms. The van der Waals surface area contributed by atoms with Crippen LogP contribution in [-0.4, -0.2) is 20.3 Å². The summed E-state index contributed by atoms with van der Waals surface area (Å²) in [4.78, 5) is 21.6. The van der Waals surface area contributed by atoms with Crippen molar-refractivity contribution in [1.29, 1.82) is 0 Å². The maximum absolute atomic E-state index is 13.0. The van der Waals surface area contributed by atoms with Crippen molar-refractivity contribution in [3.05, 3.63) is 69.7 Å². The highest BCUT2D eigenvalue weighted by molar-refractivity contribution is 9.10. The lowest BCUT2D eigenvalue weighted by Gasteiger charge is -2.03. The van der Waals surface area contributed by atoms with E-state index in [0.717, 1.165) is 10.0 Å². The molecular formula is C18H12BrFN4OS. The minimum atomic E-state index is -0.299. The molecule has 8 heteroatoms. The van der Waals surface area contributed by atoms with Crippen LogP contribution in [-0.2, 0) is 0 Å². The summed E-state index contributed by atoms with van der Waals surface area (Å²) in [6.07, 6.45) is 1.80. The van der Waals surface area contributed by atoms with Gasteiger partial charge in [-0.2, -0.15) is 0 Å². The zero-order valence-electron chi connectivity index (χ0n) is 13.5. The van der Waals surface area contributed by atoms with Crippen molar-refractivity contribution < 1.29 is 9.18 Å². The lowest BCUT2D eigenvalue weighted by Crippen LogP contribution is -2.15. The van der Waals surface area contributed by atoms with Crippen LogP contribution in [0.1, 0.15) is 16.2 Å². The zero-order chi connectivity index (χ0) is 18.3. The average molecular weight is 431 g/mol. The van der Waals surface area contributed by atoms with Gasteiger partial charge < -0.3 is 0 Å². The number of hydrogen-bond acceptors (Lipinski definition) is 4. The van der Waals surface area contributed by atoms with E-state index in [4.69, 9.17) is 0 Å². The van der Waals surface area contributed by atoms with Gasteiger partial charge in [0, 0.05) is 21.6 Å². The average Bonchev–Trinajstić information content (AvgIpc) is 3.19. The fourth-order valence-electron chi connectivity index (χ4n) is 2.65. The van der Waals surface area contributed by atoms with Gasteiger partial charge in [-0.05, 0) is 59.3 Å². The molecular weight excluding hydrogens is 419 g/mol. The van der Waals surface area contributed by atoms with Crippen molar-refractivity contribution in [2.75, 3.05) is 5.32 Å². The largest absolute Gasteiger partial charge is 0.296 e. The molecule has 3 heterocycles. The number of imidazole rings is 1. The Morgan fingerprint density at radius 2 is 1.96 bits per heavy atom. The van der Waals surface area contributed by atoms with Gasteiger partial charge in [-0.1, -0.05) is 0 Å². The van der Waals surface area contributed by atoms with Crippen molar-refractivity contribution in [2.45, 2.75) is 6.92 Å². The summed E-state index contributed by atoms with van der Waals surface area (Å²) in [6.45, 7) is 1.79. The number of nitrogens with zero attached hydrogens (tertiary/aromatic N) is 3. The number of anilines is 1. The van der Waals surface area contributed by atoms with Crippen LogP contribution in [0.5, 0.6) is 0 Å². The number of thiazole rings is 1. The summed E-state index contributed by atoms with van der Waals surface area (Å²) in [7, 11) is 0. The first kappa shape index (κ1) is 16.9. The molecule has 0 fully saturated rings. The van der Waals surface area contributed by atoms with Gasteiger partial charge in [0.25, 0.3) is 5.91 Å². The van der Waals surface area contributed by atoms with Crippen LogP contribution in [0.25, 0.3) is 16.9 Å². The lowest BCUT2D eigenvalue weighted by molar-refractivity contribution is 0.102. The lowest BCUT2D eigenvalue weighted by atomic mass is 10.2. The molecule has 3 aromatic heterocycles. The third-order valence-corrected chi connectivity index (χ3v) is 5.06. The van der Waals surface area contributed by atoms with Gasteiger partial charge in [0.05, 0.1) is 11.4 Å². The van der Waals surface area contributed by atoms with E-state index in [9.17, 15) is 9.18 Å². The second-order valence-corrected chi connectivity index (χ2v) is 7.39. The molecule has 4 aromatic rings. The van der Waals surface area contributed by atoms with E-state index in [1.807, 2.05) is 17.5 Å². The number of aryl methyl sites for hydroxylation is 1. The minimum absolute atomic E-state index is 0.284. The zero-order valence-corrected chi connectivity index (χ0v) is 15.9. The molecule has 0 unspecified atom stereocenters. The van der Waals surface area contributed by atoms with Crippen LogP contribution >= 0.6 is 27.3 Å². The molecule has 130 valence electrons. The van der Waals surface area contributed by atoms with E-state index in [-0.39, 0.29) is 11.7 Å². The Bertz CT molecular complexity index is 1120. The Balaban J connectivity index is 1.62. The molecule has 1 amide bonds. The molecule has 4 rings (SSSR count). The maximum Gasteiger partial charge on any atom is 0.276 e. The van der Waals surface area contributed by atoms with Crippen molar-refractivity contribution >= 4 is 44.0 Å². The first-order valence-corrected chi connectivity index (χ1v) is 9.35. The molecule has 0 radical (unpaired) electrons. The number of fused-ring (bicyclic) bond motifs is 1. The predicted octanol–water partition coefficient (Wildman–Crippen LogP) is 4.92. The first-order chi connectivity index (χ1) is 12.5. The van der Waals surface area contributed by atoms with Crippen LogP contribution in [0.15, 0.2) is 52.4 Å². The quantitative estimate of drug-likeness (QED) is 0.501. The Kier molecular flexibility index (Phi) is 4.29. The first-order valence-electron chi connectivity index (χ1n) is 7.68. The fourth-order valence-corrected chi connectivity index (χ4v) is 3.70. The van der Waals surface area contributed by atoms with Crippen LogP contribution in [0.2, 0.25) is 0 Å². The molecule has 0 saturated carbocycles. The third-order valence-electron chi connectivity index (χ3n) is 3.84. The van der Waals surface area contributed by atoms with Gasteiger partial charge in [0.1, 0.15) is 17.2 Å². The number of aromatic nitrogens is 3. The molecule has 1 N–H and O–H groups in total. The van der Waals surface area contributed by atoms with E-state index in [1.54, 1.807) is 29.7 Å². The van der Waals surface area contributed by atoms with Crippen molar-refractivity contribution in [3.8, 4) is 11.3 Å². The minimum Gasteiger partial charge on any atom is -0.296 e. The molecule has 26 heavy (non-hydrogen) atoms. The van der Waals surface area contributed by atoms with Gasteiger partial charge in [-0.3, -0.25) is 14.5 Å². The molecule has 0 atom stereocenters. The SMILES string of the molecule is Cc1nc2ccc(Br)cn2c1C(=O)Nc1nc(-c2ccc(F)cc2)cs1. The summed E-state index contributed by atoms with van der Waals surface area (Å²) in [6, 6.07) is 9.78. The Morgan fingerprint density at radius 3 is 2.73 bits per heavy atom. The van der Waals surface area contributed by atoms with Crippen LogP contribution < -0.4 is 5.32 Å². The van der Waals surface area contributed by atoms with E-state index in [0.29, 0.717) is 27.9 Å². The molecule has 1 aromatic carbocycles. The van der Waals surface area contributed by atoms with E-state index >= 15 is 0 Å². The van der Waals surface area contributed by atoms with Crippen molar-refractivity contribution in [3.63, 3.8) is 0 Å². The second-order valence-electron chi connectivity index (χ2n) is 5.62. The van der Waals surface area contributed by atoms with Crippen molar-refractivity contribution in [1.82, 2.24) is 14.4 Å². The molecule has 0 aliphatic heterocycles. The molecule has 0 saturated heterocycles. The fraction of sp³-hybridized carbons (Fsp3) is 0.0556. The highest BCUT2D eigenvalue weighted by Gasteiger charge is 2.18. The highest BCUT2D eigenvalue weighted by Crippen LogP contribution is 2.26. The van der Waals surface area contributed by atoms with Crippen LogP contribution in [0.3, 0.4) is 0 Å². The highest BCUT2D eigenvalue weighted by atomic mass is 79.9. The Hall–Kier alpha value is -2.58. The van der Waals surface area contributed by atoms with Gasteiger partial charge in [-0.25, -0.2) is 14.4 Å². The Labute approximate surface area is 160 Å². The number of hydrogen-bond donors (Lipinski definition) is 1. The molecule has 5 nitrogen and oxygen atoms in total. The number of rotatable bonds is 3.